The number of furan rings is 1. The fourth-order valence-corrected chi connectivity index (χ4v) is 1.60. The van der Waals surface area contributed by atoms with E-state index in [1.54, 1.807) is 24.3 Å². The zero-order chi connectivity index (χ0) is 13.0. The summed E-state index contributed by atoms with van der Waals surface area (Å²) in [7, 11) is 0. The van der Waals surface area contributed by atoms with E-state index in [9.17, 15) is 9.59 Å². The Hall–Kier alpha value is -2.07. The van der Waals surface area contributed by atoms with Gasteiger partial charge in [-0.2, -0.15) is 0 Å². The number of halogens is 1. The normalized spacial score (nSPS) is 10.1. The van der Waals surface area contributed by atoms with Gasteiger partial charge in [-0.15, -0.1) is 0 Å². The predicted molar refractivity (Wildman–Crippen MR) is 65.4 cm³/mol. The van der Waals surface area contributed by atoms with Crippen LogP contribution in [0.3, 0.4) is 0 Å². The first kappa shape index (κ1) is 12.4. The quantitative estimate of drug-likeness (QED) is 0.615. The Bertz CT molecular complexity index is 560. The van der Waals surface area contributed by atoms with Crippen LogP contribution in [0.5, 0.6) is 5.75 Å². The number of hydrogen-bond acceptors (Lipinski definition) is 4. The van der Waals surface area contributed by atoms with Crippen LogP contribution in [-0.4, -0.2) is 18.7 Å². The lowest BCUT2D eigenvalue weighted by Gasteiger charge is -2.06. The summed E-state index contributed by atoms with van der Waals surface area (Å²) in [5.74, 6) is 0.299. The maximum absolute atomic E-state index is 11.6. The molecule has 0 saturated heterocycles. The van der Waals surface area contributed by atoms with Crippen LogP contribution in [0.4, 0.5) is 0 Å². The number of benzene rings is 1. The molecule has 0 aliphatic rings. The summed E-state index contributed by atoms with van der Waals surface area (Å²) in [5.41, 5.74) is 0.449. The standard InChI is InChI=1S/C13H9ClO4/c14-10-6-9(7-15)3-4-12(10)18-8-11(16)13-2-1-5-17-13/h1-7H,8H2. The van der Waals surface area contributed by atoms with Crippen LogP contribution in [0, 0.1) is 0 Å². The van der Waals surface area contributed by atoms with Crippen molar-refractivity contribution in [3.8, 4) is 5.75 Å². The van der Waals surface area contributed by atoms with Crippen molar-refractivity contribution in [3.05, 3.63) is 52.9 Å². The van der Waals surface area contributed by atoms with Crippen molar-refractivity contribution in [2.24, 2.45) is 0 Å². The molecule has 0 unspecified atom stereocenters. The van der Waals surface area contributed by atoms with E-state index in [4.69, 9.17) is 20.8 Å². The maximum atomic E-state index is 11.6. The molecule has 0 N–H and O–H groups in total. The van der Waals surface area contributed by atoms with Crippen LogP contribution in [0.25, 0.3) is 0 Å². The van der Waals surface area contributed by atoms with Crippen molar-refractivity contribution in [1.29, 1.82) is 0 Å². The highest BCUT2D eigenvalue weighted by atomic mass is 35.5. The first-order valence-corrected chi connectivity index (χ1v) is 5.53. The molecule has 0 amide bonds. The molecular weight excluding hydrogens is 256 g/mol. The zero-order valence-electron chi connectivity index (χ0n) is 9.26. The van der Waals surface area contributed by atoms with E-state index in [1.165, 1.54) is 12.3 Å². The molecule has 0 fully saturated rings. The molecule has 1 aromatic heterocycles. The third kappa shape index (κ3) is 2.78. The van der Waals surface area contributed by atoms with Crippen molar-refractivity contribution in [2.75, 3.05) is 6.61 Å². The fourth-order valence-electron chi connectivity index (χ4n) is 1.36. The number of Topliss-reactive ketones (excluding diaryl/α,β-unsaturated/α-hetero) is 1. The Morgan fingerprint density at radius 1 is 1.39 bits per heavy atom. The molecule has 92 valence electrons. The second-order valence-electron chi connectivity index (χ2n) is 3.50. The summed E-state index contributed by atoms with van der Waals surface area (Å²) in [4.78, 5) is 22.1. The molecule has 0 aliphatic carbocycles. The van der Waals surface area contributed by atoms with E-state index < -0.39 is 0 Å². The molecule has 0 aliphatic heterocycles. The van der Waals surface area contributed by atoms with E-state index >= 15 is 0 Å². The largest absolute Gasteiger partial charge is 0.484 e. The first-order chi connectivity index (χ1) is 8.70. The summed E-state index contributed by atoms with van der Waals surface area (Å²) >= 11 is 5.90. The van der Waals surface area contributed by atoms with Gasteiger partial charge >= 0.3 is 0 Å². The fraction of sp³-hybridized carbons (Fsp3) is 0.0769. The Labute approximate surface area is 108 Å². The first-order valence-electron chi connectivity index (χ1n) is 5.15. The second-order valence-corrected chi connectivity index (χ2v) is 3.90. The van der Waals surface area contributed by atoms with Gasteiger partial charge in [0.05, 0.1) is 11.3 Å². The summed E-state index contributed by atoms with van der Waals surface area (Å²) in [5, 5.41) is 0.284. The summed E-state index contributed by atoms with van der Waals surface area (Å²) in [6, 6.07) is 7.76. The summed E-state index contributed by atoms with van der Waals surface area (Å²) < 4.78 is 10.2. The molecule has 0 spiro atoms. The molecule has 0 atom stereocenters. The van der Waals surface area contributed by atoms with Gasteiger partial charge in [0.1, 0.15) is 12.0 Å². The highest BCUT2D eigenvalue weighted by Crippen LogP contribution is 2.25. The number of ether oxygens (including phenoxy) is 1. The molecule has 2 aromatic rings. The van der Waals surface area contributed by atoms with Gasteiger partial charge in [-0.3, -0.25) is 9.59 Å². The van der Waals surface area contributed by atoms with Crippen LogP contribution in [0.1, 0.15) is 20.9 Å². The molecule has 0 radical (unpaired) electrons. The van der Waals surface area contributed by atoms with Crippen molar-refractivity contribution < 1.29 is 18.7 Å². The highest BCUT2D eigenvalue weighted by Gasteiger charge is 2.11. The average Bonchev–Trinajstić information content (AvgIpc) is 2.90. The van der Waals surface area contributed by atoms with Gasteiger partial charge in [0.15, 0.2) is 12.4 Å². The zero-order valence-corrected chi connectivity index (χ0v) is 10.0. The SMILES string of the molecule is O=Cc1ccc(OCC(=O)c2ccco2)c(Cl)c1. The Balaban J connectivity index is 2.02. The molecule has 18 heavy (non-hydrogen) atoms. The number of ketones is 1. The van der Waals surface area contributed by atoms with Crippen LogP contribution in [-0.2, 0) is 0 Å². The Kier molecular flexibility index (Phi) is 3.79. The van der Waals surface area contributed by atoms with E-state index in [0.29, 0.717) is 17.6 Å². The van der Waals surface area contributed by atoms with Crippen molar-refractivity contribution in [1.82, 2.24) is 0 Å². The predicted octanol–water partition coefficient (Wildman–Crippen LogP) is 3.01. The smallest absolute Gasteiger partial charge is 0.235 e. The molecule has 4 nitrogen and oxygen atoms in total. The Morgan fingerprint density at radius 3 is 2.83 bits per heavy atom. The second kappa shape index (κ2) is 5.51. The van der Waals surface area contributed by atoms with Gasteiger partial charge in [0.25, 0.3) is 0 Å². The van der Waals surface area contributed by atoms with Gasteiger partial charge in [0.2, 0.25) is 5.78 Å². The van der Waals surface area contributed by atoms with Gasteiger partial charge < -0.3 is 9.15 Å². The highest BCUT2D eigenvalue weighted by molar-refractivity contribution is 6.32. The van der Waals surface area contributed by atoms with Crippen molar-refractivity contribution in [2.45, 2.75) is 0 Å². The minimum absolute atomic E-state index is 0.173. The maximum Gasteiger partial charge on any atom is 0.235 e. The van der Waals surface area contributed by atoms with Crippen LogP contribution in [0.2, 0.25) is 5.02 Å². The number of aldehydes is 1. The van der Waals surface area contributed by atoms with Gasteiger partial charge in [-0.1, -0.05) is 11.6 Å². The van der Waals surface area contributed by atoms with E-state index in [-0.39, 0.29) is 23.2 Å². The molecule has 5 heteroatoms. The van der Waals surface area contributed by atoms with E-state index in [1.807, 2.05) is 0 Å². The Morgan fingerprint density at radius 2 is 2.22 bits per heavy atom. The lowest BCUT2D eigenvalue weighted by Crippen LogP contribution is -2.10. The van der Waals surface area contributed by atoms with Crippen molar-refractivity contribution in [3.63, 3.8) is 0 Å². The lowest BCUT2D eigenvalue weighted by atomic mass is 10.2. The molecule has 1 aromatic carbocycles. The summed E-state index contributed by atoms with van der Waals surface area (Å²) in [6.07, 6.45) is 2.10. The lowest BCUT2D eigenvalue weighted by molar-refractivity contribution is 0.0893. The summed E-state index contributed by atoms with van der Waals surface area (Å²) in [6.45, 7) is -0.173. The molecule has 2 rings (SSSR count). The number of carbonyl (C=O) groups excluding carboxylic acids is 2. The van der Waals surface area contributed by atoms with Crippen molar-refractivity contribution >= 4 is 23.7 Å². The van der Waals surface area contributed by atoms with Gasteiger partial charge in [-0.05, 0) is 30.3 Å². The molecule has 1 heterocycles. The minimum atomic E-state index is -0.282. The number of hydrogen-bond donors (Lipinski definition) is 0. The van der Waals surface area contributed by atoms with E-state index in [2.05, 4.69) is 0 Å². The molecule has 0 saturated carbocycles. The monoisotopic (exact) mass is 264 g/mol. The third-order valence-electron chi connectivity index (χ3n) is 2.25. The van der Waals surface area contributed by atoms with Crippen LogP contribution < -0.4 is 4.74 Å². The van der Waals surface area contributed by atoms with E-state index in [0.717, 1.165) is 0 Å². The van der Waals surface area contributed by atoms with Gasteiger partial charge in [-0.25, -0.2) is 0 Å². The average molecular weight is 265 g/mol. The van der Waals surface area contributed by atoms with Crippen LogP contribution in [0.15, 0.2) is 41.0 Å². The number of carbonyl (C=O) groups is 2. The molecular formula is C13H9ClO4. The minimum Gasteiger partial charge on any atom is -0.484 e. The third-order valence-corrected chi connectivity index (χ3v) is 2.54. The number of rotatable bonds is 5. The van der Waals surface area contributed by atoms with Gasteiger partial charge in [0, 0.05) is 5.56 Å². The van der Waals surface area contributed by atoms with Crippen LogP contribution >= 0.6 is 11.6 Å². The molecule has 0 bridgehead atoms. The topological polar surface area (TPSA) is 56.5 Å².